The van der Waals surface area contributed by atoms with Crippen LogP contribution in [0.2, 0.25) is 0 Å². The molecule has 1 fully saturated rings. The topological polar surface area (TPSA) is 89.3 Å². The van der Waals surface area contributed by atoms with Crippen LogP contribution in [0, 0.1) is 0 Å². The number of hydrogen-bond donors (Lipinski definition) is 1. The highest BCUT2D eigenvalue weighted by Crippen LogP contribution is 2.21. The van der Waals surface area contributed by atoms with Crippen molar-refractivity contribution in [1.82, 2.24) is 4.90 Å². The number of rotatable bonds is 2. The van der Waals surface area contributed by atoms with E-state index in [9.17, 15) is 4.79 Å². The maximum atomic E-state index is 10.7. The Morgan fingerprint density at radius 2 is 2.54 bits per heavy atom. The molecule has 2 atom stereocenters. The molecule has 0 aliphatic carbocycles. The molecule has 0 saturated carbocycles. The van der Waals surface area contributed by atoms with E-state index < -0.39 is 6.09 Å². The van der Waals surface area contributed by atoms with Crippen LogP contribution in [0.15, 0.2) is 5.11 Å². The van der Waals surface area contributed by atoms with Crippen LogP contribution < -0.4 is 0 Å². The lowest BCUT2D eigenvalue weighted by molar-refractivity contribution is 0.143. The Morgan fingerprint density at radius 1 is 1.85 bits per heavy atom. The Bertz CT molecular complexity index is 253. The Kier molecular flexibility index (Phi) is 3.22. The first-order valence-electron chi connectivity index (χ1n) is 3.78. The van der Waals surface area contributed by atoms with Gasteiger partial charge in [-0.25, -0.2) is 4.79 Å². The molecule has 1 rings (SSSR count). The van der Waals surface area contributed by atoms with Crippen LogP contribution in [0.3, 0.4) is 0 Å². The fraction of sp³-hybridized carbons (Fsp3) is 0.833. The fourth-order valence-electron chi connectivity index (χ4n) is 1.43. The van der Waals surface area contributed by atoms with Gasteiger partial charge < -0.3 is 10.0 Å². The molecule has 6 nitrogen and oxygen atoms in total. The van der Waals surface area contributed by atoms with Crippen molar-refractivity contribution in [3.05, 3.63) is 10.4 Å². The van der Waals surface area contributed by atoms with Gasteiger partial charge in [-0.05, 0) is 12.0 Å². The Balaban J connectivity index is 2.66. The third kappa shape index (κ3) is 2.17. The van der Waals surface area contributed by atoms with E-state index in [1.165, 1.54) is 4.90 Å². The molecule has 0 spiro atoms. The smallest absolute Gasteiger partial charge is 0.407 e. The summed E-state index contributed by atoms with van der Waals surface area (Å²) in [5.74, 6) is 0.240. The molecular weight excluding hydrogens is 196 g/mol. The van der Waals surface area contributed by atoms with Gasteiger partial charge in [0.1, 0.15) is 0 Å². The maximum absolute atomic E-state index is 10.7. The van der Waals surface area contributed by atoms with Gasteiger partial charge in [-0.3, -0.25) is 0 Å². The van der Waals surface area contributed by atoms with Gasteiger partial charge in [0.2, 0.25) is 0 Å². The van der Waals surface area contributed by atoms with E-state index >= 15 is 0 Å². The first-order valence-corrected chi connectivity index (χ1v) is 4.32. The molecule has 0 radical (unpaired) electrons. The standard InChI is InChI=1S/C6H9ClN4O2/c7-2-5-1-4(9-10-8)3-11(5)6(12)13/h4-5H,1-3H2,(H,12,13)/t4-,5+/m1/s1. The van der Waals surface area contributed by atoms with E-state index in [0.717, 1.165) is 0 Å². The van der Waals surface area contributed by atoms with Crippen molar-refractivity contribution >= 4 is 17.7 Å². The zero-order chi connectivity index (χ0) is 9.84. The number of carbonyl (C=O) groups is 1. The molecule has 1 heterocycles. The van der Waals surface area contributed by atoms with Gasteiger partial charge in [-0.2, -0.15) is 0 Å². The summed E-state index contributed by atoms with van der Waals surface area (Å²) in [6, 6.07) is -0.500. The number of halogens is 1. The molecular formula is C6H9ClN4O2. The van der Waals surface area contributed by atoms with Gasteiger partial charge in [0.05, 0.1) is 6.04 Å². The van der Waals surface area contributed by atoms with Crippen LogP contribution in [-0.2, 0) is 0 Å². The van der Waals surface area contributed by atoms with Gasteiger partial charge in [-0.15, -0.1) is 11.6 Å². The third-order valence-electron chi connectivity index (χ3n) is 2.03. The van der Waals surface area contributed by atoms with Crippen LogP contribution in [0.1, 0.15) is 6.42 Å². The average molecular weight is 205 g/mol. The lowest BCUT2D eigenvalue weighted by atomic mass is 10.2. The second-order valence-corrected chi connectivity index (χ2v) is 3.15. The number of amides is 1. The zero-order valence-corrected chi connectivity index (χ0v) is 7.55. The molecule has 1 N–H and O–H groups in total. The molecule has 0 unspecified atom stereocenters. The van der Waals surface area contributed by atoms with Crippen molar-refractivity contribution in [2.45, 2.75) is 18.5 Å². The van der Waals surface area contributed by atoms with Crippen LogP contribution in [0.5, 0.6) is 0 Å². The maximum Gasteiger partial charge on any atom is 0.407 e. The Hall–Kier alpha value is -1.13. The second kappa shape index (κ2) is 4.20. The second-order valence-electron chi connectivity index (χ2n) is 2.84. The largest absolute Gasteiger partial charge is 0.465 e. The summed E-state index contributed by atoms with van der Waals surface area (Å²) in [5.41, 5.74) is 8.17. The molecule has 0 bridgehead atoms. The molecule has 0 aromatic heterocycles. The SMILES string of the molecule is [N-]=[N+]=N[C@@H]1C[C@@H](CCl)N(C(=O)O)C1. The highest BCUT2D eigenvalue weighted by atomic mass is 35.5. The van der Waals surface area contributed by atoms with Crippen molar-refractivity contribution in [2.75, 3.05) is 12.4 Å². The van der Waals surface area contributed by atoms with Crippen molar-refractivity contribution in [1.29, 1.82) is 0 Å². The van der Waals surface area contributed by atoms with Crippen molar-refractivity contribution in [3.8, 4) is 0 Å². The minimum Gasteiger partial charge on any atom is -0.465 e. The highest BCUT2D eigenvalue weighted by Gasteiger charge is 2.33. The fourth-order valence-corrected chi connectivity index (χ4v) is 1.72. The van der Waals surface area contributed by atoms with Gasteiger partial charge in [-0.1, -0.05) is 5.11 Å². The monoisotopic (exact) mass is 204 g/mol. The summed E-state index contributed by atoms with van der Waals surface area (Å²) in [4.78, 5) is 14.5. The van der Waals surface area contributed by atoms with Gasteiger partial charge in [0, 0.05) is 23.4 Å². The molecule has 1 amide bonds. The highest BCUT2D eigenvalue weighted by molar-refractivity contribution is 6.18. The average Bonchev–Trinajstić information content (AvgIpc) is 2.48. The number of likely N-dealkylation sites (tertiary alicyclic amines) is 1. The first-order chi connectivity index (χ1) is 6.19. The summed E-state index contributed by atoms with van der Waals surface area (Å²) >= 11 is 5.57. The summed E-state index contributed by atoms with van der Waals surface area (Å²) in [6.07, 6.45) is -0.499. The van der Waals surface area contributed by atoms with E-state index in [1.807, 2.05) is 0 Å². The van der Waals surface area contributed by atoms with Crippen molar-refractivity contribution in [3.63, 3.8) is 0 Å². The number of alkyl halides is 1. The number of carboxylic acid groups (broad SMARTS) is 1. The summed E-state index contributed by atoms with van der Waals surface area (Å²) in [7, 11) is 0. The first kappa shape index (κ1) is 9.95. The van der Waals surface area contributed by atoms with Crippen LogP contribution in [0.25, 0.3) is 10.4 Å². The molecule has 13 heavy (non-hydrogen) atoms. The van der Waals surface area contributed by atoms with Crippen LogP contribution in [-0.4, -0.2) is 40.6 Å². The Morgan fingerprint density at radius 3 is 2.92 bits per heavy atom. The quantitative estimate of drug-likeness (QED) is 0.321. The Labute approximate surface area is 79.7 Å². The van der Waals surface area contributed by atoms with E-state index in [4.69, 9.17) is 22.2 Å². The summed E-state index contributed by atoms with van der Waals surface area (Å²) < 4.78 is 0. The molecule has 1 aliphatic rings. The van der Waals surface area contributed by atoms with E-state index in [0.29, 0.717) is 6.42 Å². The van der Waals surface area contributed by atoms with Gasteiger partial charge >= 0.3 is 6.09 Å². The van der Waals surface area contributed by atoms with Gasteiger partial charge in [0.15, 0.2) is 0 Å². The predicted molar refractivity (Wildman–Crippen MR) is 46.8 cm³/mol. The summed E-state index contributed by atoms with van der Waals surface area (Å²) in [5, 5.41) is 12.2. The minimum absolute atomic E-state index is 0.227. The summed E-state index contributed by atoms with van der Waals surface area (Å²) in [6.45, 7) is 0.247. The molecule has 7 heteroatoms. The lowest BCUT2D eigenvalue weighted by Crippen LogP contribution is -2.35. The molecule has 1 aliphatic heterocycles. The lowest BCUT2D eigenvalue weighted by Gasteiger charge is -2.18. The predicted octanol–water partition coefficient (Wildman–Crippen LogP) is 1.66. The minimum atomic E-state index is -1.01. The molecule has 1 saturated heterocycles. The molecule has 0 aromatic carbocycles. The normalized spacial score (nSPS) is 27.0. The molecule has 72 valence electrons. The molecule has 0 aromatic rings. The van der Waals surface area contributed by atoms with Crippen molar-refractivity contribution in [2.24, 2.45) is 5.11 Å². The number of hydrogen-bond acceptors (Lipinski definition) is 2. The van der Waals surface area contributed by atoms with Crippen LogP contribution in [0.4, 0.5) is 4.79 Å². The third-order valence-corrected chi connectivity index (χ3v) is 2.39. The van der Waals surface area contributed by atoms with Gasteiger partial charge in [0.25, 0.3) is 0 Å². The van der Waals surface area contributed by atoms with E-state index in [-0.39, 0.29) is 24.5 Å². The van der Waals surface area contributed by atoms with Crippen molar-refractivity contribution < 1.29 is 9.90 Å². The van der Waals surface area contributed by atoms with E-state index in [2.05, 4.69) is 10.0 Å². The zero-order valence-electron chi connectivity index (χ0n) is 6.80. The number of nitrogens with zero attached hydrogens (tertiary/aromatic N) is 4. The van der Waals surface area contributed by atoms with Crippen LogP contribution >= 0.6 is 11.6 Å². The van der Waals surface area contributed by atoms with E-state index in [1.54, 1.807) is 0 Å². The number of azide groups is 1.